The summed E-state index contributed by atoms with van der Waals surface area (Å²) in [5, 5.41) is 11.1. The van der Waals surface area contributed by atoms with E-state index in [1.165, 1.54) is 11.1 Å². The van der Waals surface area contributed by atoms with E-state index in [1.54, 1.807) is 0 Å². The minimum atomic E-state index is -0.0418. The lowest BCUT2D eigenvalue weighted by atomic mass is 10.0. The van der Waals surface area contributed by atoms with Crippen LogP contribution in [0.15, 0.2) is 36.5 Å². The molecular formula is C22H31N5O. The van der Waals surface area contributed by atoms with E-state index in [9.17, 15) is 4.79 Å². The van der Waals surface area contributed by atoms with E-state index >= 15 is 0 Å². The molecule has 4 rings (SSSR count). The van der Waals surface area contributed by atoms with Gasteiger partial charge in [0.05, 0.1) is 6.04 Å². The molecular weight excluding hydrogens is 350 g/mol. The average molecular weight is 382 g/mol. The molecule has 1 unspecified atom stereocenters. The van der Waals surface area contributed by atoms with E-state index in [0.29, 0.717) is 11.7 Å². The number of benzene rings is 1. The highest BCUT2D eigenvalue weighted by Gasteiger charge is 2.23. The van der Waals surface area contributed by atoms with Crippen molar-refractivity contribution in [3.63, 3.8) is 0 Å². The SMILES string of the molecule is Cc1ccccc1CN1CCC(NC(=O)c2ccn(C3CCCNC3)n2)CC1. The zero-order chi connectivity index (χ0) is 19.3. The van der Waals surface area contributed by atoms with Gasteiger partial charge in [0.25, 0.3) is 5.91 Å². The molecule has 0 aliphatic carbocycles. The number of hydrogen-bond donors (Lipinski definition) is 2. The molecule has 28 heavy (non-hydrogen) atoms. The molecule has 1 amide bonds. The first kappa shape index (κ1) is 19.2. The van der Waals surface area contributed by atoms with Crippen molar-refractivity contribution in [2.75, 3.05) is 26.2 Å². The van der Waals surface area contributed by atoms with Crippen molar-refractivity contribution in [3.05, 3.63) is 53.3 Å². The lowest BCUT2D eigenvalue weighted by molar-refractivity contribution is 0.0902. The van der Waals surface area contributed by atoms with E-state index in [2.05, 4.69) is 51.8 Å². The Bertz CT molecular complexity index is 788. The van der Waals surface area contributed by atoms with Crippen molar-refractivity contribution in [1.82, 2.24) is 25.3 Å². The van der Waals surface area contributed by atoms with Gasteiger partial charge < -0.3 is 10.6 Å². The number of aryl methyl sites for hydroxylation is 1. The lowest BCUT2D eigenvalue weighted by Crippen LogP contribution is -2.44. The van der Waals surface area contributed by atoms with Gasteiger partial charge in [-0.15, -0.1) is 0 Å². The van der Waals surface area contributed by atoms with E-state index in [0.717, 1.165) is 58.4 Å². The summed E-state index contributed by atoms with van der Waals surface area (Å²) in [7, 11) is 0. The lowest BCUT2D eigenvalue weighted by Gasteiger charge is -2.32. The van der Waals surface area contributed by atoms with Gasteiger partial charge in [-0.1, -0.05) is 24.3 Å². The van der Waals surface area contributed by atoms with Gasteiger partial charge in [0.15, 0.2) is 0 Å². The minimum absolute atomic E-state index is 0.0418. The molecule has 2 aliphatic heterocycles. The Hall–Kier alpha value is -2.18. The van der Waals surface area contributed by atoms with Gasteiger partial charge in [0.1, 0.15) is 5.69 Å². The first-order chi connectivity index (χ1) is 13.7. The third-order valence-electron chi connectivity index (χ3n) is 6.06. The van der Waals surface area contributed by atoms with Gasteiger partial charge in [-0.3, -0.25) is 14.4 Å². The van der Waals surface area contributed by atoms with Crippen molar-refractivity contribution in [3.8, 4) is 0 Å². The standard InChI is InChI=1S/C22H31N5O/c1-17-5-2-3-6-18(17)16-26-12-8-19(9-13-26)24-22(28)21-10-14-27(25-21)20-7-4-11-23-15-20/h2-3,5-6,10,14,19-20,23H,4,7-9,11-13,15-16H2,1H3,(H,24,28). The fourth-order valence-corrected chi connectivity index (χ4v) is 4.24. The highest BCUT2D eigenvalue weighted by atomic mass is 16.2. The fraction of sp³-hybridized carbons (Fsp3) is 0.545. The molecule has 0 radical (unpaired) electrons. The Labute approximate surface area is 167 Å². The third kappa shape index (κ3) is 4.62. The number of carbonyl (C=O) groups is 1. The molecule has 150 valence electrons. The Morgan fingerprint density at radius 2 is 2.04 bits per heavy atom. The minimum Gasteiger partial charge on any atom is -0.348 e. The third-order valence-corrected chi connectivity index (χ3v) is 6.06. The number of nitrogens with one attached hydrogen (secondary N) is 2. The molecule has 1 aromatic heterocycles. The normalized spacial score (nSPS) is 21.5. The molecule has 0 bridgehead atoms. The number of piperidine rings is 2. The van der Waals surface area contributed by atoms with Crippen molar-refractivity contribution >= 4 is 5.91 Å². The van der Waals surface area contributed by atoms with Crippen LogP contribution in [0.3, 0.4) is 0 Å². The molecule has 2 aliphatic rings. The Balaban J connectivity index is 1.26. The van der Waals surface area contributed by atoms with Gasteiger partial charge in [-0.05, 0) is 56.3 Å². The molecule has 3 heterocycles. The molecule has 2 aromatic rings. The zero-order valence-electron chi connectivity index (χ0n) is 16.7. The van der Waals surface area contributed by atoms with Crippen LogP contribution in [0.25, 0.3) is 0 Å². The molecule has 0 spiro atoms. The highest BCUT2D eigenvalue weighted by Crippen LogP contribution is 2.18. The van der Waals surface area contributed by atoms with Gasteiger partial charge in [-0.25, -0.2) is 0 Å². The van der Waals surface area contributed by atoms with Crippen molar-refractivity contribution in [1.29, 1.82) is 0 Å². The number of nitrogens with zero attached hydrogens (tertiary/aromatic N) is 3. The predicted molar refractivity (Wildman–Crippen MR) is 110 cm³/mol. The van der Waals surface area contributed by atoms with Gasteiger partial charge in [0, 0.05) is 38.4 Å². The van der Waals surface area contributed by atoms with E-state index in [4.69, 9.17) is 0 Å². The van der Waals surface area contributed by atoms with Gasteiger partial charge in [0.2, 0.25) is 0 Å². The summed E-state index contributed by atoms with van der Waals surface area (Å²) in [6.45, 7) is 7.21. The molecule has 2 fully saturated rings. The van der Waals surface area contributed by atoms with E-state index in [1.807, 2.05) is 16.9 Å². The van der Waals surface area contributed by atoms with Crippen molar-refractivity contribution < 1.29 is 4.79 Å². The van der Waals surface area contributed by atoms with Crippen LogP contribution in [0.1, 0.15) is 53.3 Å². The quantitative estimate of drug-likeness (QED) is 0.835. The average Bonchev–Trinajstić information content (AvgIpc) is 3.22. The van der Waals surface area contributed by atoms with Crippen LogP contribution in [0, 0.1) is 6.92 Å². The Morgan fingerprint density at radius 3 is 2.79 bits per heavy atom. The Morgan fingerprint density at radius 1 is 1.21 bits per heavy atom. The van der Waals surface area contributed by atoms with Crippen molar-refractivity contribution in [2.24, 2.45) is 0 Å². The Kier molecular flexibility index (Phi) is 6.07. The van der Waals surface area contributed by atoms with Crippen LogP contribution in [0.4, 0.5) is 0 Å². The molecule has 6 nitrogen and oxygen atoms in total. The number of likely N-dealkylation sites (tertiary alicyclic amines) is 1. The topological polar surface area (TPSA) is 62.2 Å². The summed E-state index contributed by atoms with van der Waals surface area (Å²) >= 11 is 0. The summed E-state index contributed by atoms with van der Waals surface area (Å²) < 4.78 is 1.95. The van der Waals surface area contributed by atoms with Gasteiger partial charge in [-0.2, -0.15) is 5.10 Å². The molecule has 2 saturated heterocycles. The van der Waals surface area contributed by atoms with Crippen LogP contribution in [0.2, 0.25) is 0 Å². The zero-order valence-corrected chi connectivity index (χ0v) is 16.7. The van der Waals surface area contributed by atoms with Gasteiger partial charge >= 0.3 is 0 Å². The fourth-order valence-electron chi connectivity index (χ4n) is 4.24. The molecule has 6 heteroatoms. The number of hydrogen-bond acceptors (Lipinski definition) is 4. The van der Waals surface area contributed by atoms with E-state index < -0.39 is 0 Å². The van der Waals surface area contributed by atoms with Crippen LogP contribution in [-0.4, -0.2) is 52.8 Å². The summed E-state index contributed by atoms with van der Waals surface area (Å²) in [5.41, 5.74) is 3.28. The van der Waals surface area contributed by atoms with Crippen LogP contribution < -0.4 is 10.6 Å². The molecule has 1 aromatic carbocycles. The second kappa shape index (κ2) is 8.88. The monoisotopic (exact) mass is 381 g/mol. The predicted octanol–water partition coefficient (Wildman–Crippen LogP) is 2.51. The summed E-state index contributed by atoms with van der Waals surface area (Å²) in [6, 6.07) is 11.0. The summed E-state index contributed by atoms with van der Waals surface area (Å²) in [6.07, 6.45) is 6.20. The summed E-state index contributed by atoms with van der Waals surface area (Å²) in [4.78, 5) is 15.1. The number of aromatic nitrogens is 2. The first-order valence-electron chi connectivity index (χ1n) is 10.5. The second-order valence-electron chi connectivity index (χ2n) is 8.13. The maximum atomic E-state index is 12.6. The number of carbonyl (C=O) groups excluding carboxylic acids is 1. The maximum absolute atomic E-state index is 12.6. The highest BCUT2D eigenvalue weighted by molar-refractivity contribution is 5.92. The van der Waals surface area contributed by atoms with Crippen LogP contribution >= 0.6 is 0 Å². The molecule has 1 atom stereocenters. The maximum Gasteiger partial charge on any atom is 0.271 e. The van der Waals surface area contributed by atoms with Crippen LogP contribution in [0.5, 0.6) is 0 Å². The molecule has 0 saturated carbocycles. The van der Waals surface area contributed by atoms with Crippen molar-refractivity contribution in [2.45, 2.75) is 51.2 Å². The number of amides is 1. The van der Waals surface area contributed by atoms with E-state index in [-0.39, 0.29) is 11.9 Å². The second-order valence-corrected chi connectivity index (χ2v) is 8.13. The molecule has 2 N–H and O–H groups in total. The van der Waals surface area contributed by atoms with Crippen LogP contribution in [-0.2, 0) is 6.54 Å². The summed E-state index contributed by atoms with van der Waals surface area (Å²) in [5.74, 6) is -0.0418. The number of rotatable bonds is 5. The smallest absolute Gasteiger partial charge is 0.271 e. The first-order valence-corrected chi connectivity index (χ1v) is 10.5. The largest absolute Gasteiger partial charge is 0.348 e.